The van der Waals surface area contributed by atoms with Gasteiger partial charge in [0.25, 0.3) is 0 Å². The summed E-state index contributed by atoms with van der Waals surface area (Å²) in [5, 5.41) is 15.8. The Morgan fingerprint density at radius 2 is 2.09 bits per heavy atom. The lowest BCUT2D eigenvalue weighted by Gasteiger charge is -2.08. The van der Waals surface area contributed by atoms with Crippen LogP contribution < -0.4 is 0 Å². The van der Waals surface area contributed by atoms with Crippen LogP contribution in [0.5, 0.6) is 0 Å². The van der Waals surface area contributed by atoms with Gasteiger partial charge in [-0.05, 0) is 18.6 Å². The predicted molar refractivity (Wildman–Crippen MR) is 76.7 cm³/mol. The topological polar surface area (TPSA) is 79.8 Å². The van der Waals surface area contributed by atoms with Crippen molar-refractivity contribution in [3.63, 3.8) is 0 Å². The maximum absolute atomic E-state index is 13.1. The second kappa shape index (κ2) is 6.00. The first-order valence-corrected chi connectivity index (χ1v) is 7.57. The van der Waals surface area contributed by atoms with Crippen molar-refractivity contribution in [3.8, 4) is 6.07 Å². The number of aromatic nitrogens is 5. The van der Waals surface area contributed by atoms with E-state index in [0.29, 0.717) is 29.1 Å². The maximum atomic E-state index is 13.1. The van der Waals surface area contributed by atoms with Crippen molar-refractivity contribution in [2.24, 2.45) is 0 Å². The Hall–Kier alpha value is -2.41. The lowest BCUT2D eigenvalue weighted by atomic mass is 10.4. The lowest BCUT2D eigenvalue weighted by Crippen LogP contribution is -2.12. The summed E-state index contributed by atoms with van der Waals surface area (Å²) in [5.41, 5.74) is 0.403. The molecule has 3 heterocycles. The van der Waals surface area contributed by atoms with Gasteiger partial charge in [-0.2, -0.15) is 18.4 Å². The van der Waals surface area contributed by atoms with Gasteiger partial charge in [0.15, 0.2) is 11.3 Å². The van der Waals surface area contributed by atoms with E-state index in [1.807, 2.05) is 6.07 Å². The van der Waals surface area contributed by atoms with Gasteiger partial charge in [-0.3, -0.25) is 4.40 Å². The number of hydrogen-bond acceptors (Lipinski definition) is 6. The summed E-state index contributed by atoms with van der Waals surface area (Å²) in [4.78, 5) is 8.30. The van der Waals surface area contributed by atoms with Crippen molar-refractivity contribution in [2.75, 3.05) is 5.75 Å². The molecular formula is C13H9F3N6S. The van der Waals surface area contributed by atoms with Crippen molar-refractivity contribution in [1.82, 2.24) is 24.6 Å². The van der Waals surface area contributed by atoms with Crippen LogP contribution in [0.4, 0.5) is 13.2 Å². The first kappa shape index (κ1) is 15.5. The van der Waals surface area contributed by atoms with Gasteiger partial charge in [0.05, 0.1) is 6.07 Å². The number of nitrogens with zero attached hydrogens (tertiary/aromatic N) is 6. The highest BCUT2D eigenvalue weighted by molar-refractivity contribution is 7.99. The van der Waals surface area contributed by atoms with Gasteiger partial charge in [-0.25, -0.2) is 9.97 Å². The summed E-state index contributed by atoms with van der Waals surface area (Å²) in [6.45, 7) is 0. The molecule has 0 aliphatic heterocycles. The summed E-state index contributed by atoms with van der Waals surface area (Å²) in [5.74, 6) is -0.576. The molecule has 0 saturated carbocycles. The molecule has 0 bridgehead atoms. The molecule has 0 aliphatic carbocycles. The number of rotatable bonds is 4. The molecular weight excluding hydrogens is 329 g/mol. The Kier molecular flexibility index (Phi) is 4.04. The van der Waals surface area contributed by atoms with E-state index in [-0.39, 0.29) is 11.3 Å². The first-order valence-electron chi connectivity index (χ1n) is 6.59. The molecule has 0 unspecified atom stereocenters. The van der Waals surface area contributed by atoms with E-state index in [2.05, 4.69) is 20.2 Å². The molecule has 0 spiro atoms. The van der Waals surface area contributed by atoms with Crippen molar-refractivity contribution in [1.29, 1.82) is 5.26 Å². The van der Waals surface area contributed by atoms with Gasteiger partial charge in [-0.15, -0.1) is 22.0 Å². The van der Waals surface area contributed by atoms with Gasteiger partial charge in [0, 0.05) is 18.4 Å². The molecule has 3 aromatic rings. The molecule has 0 aliphatic rings. The number of pyridine rings is 1. The van der Waals surface area contributed by atoms with Crippen LogP contribution in [0.15, 0.2) is 23.4 Å². The highest BCUT2D eigenvalue weighted by Crippen LogP contribution is 2.32. The number of nitriles is 1. The van der Waals surface area contributed by atoms with E-state index in [1.165, 1.54) is 18.0 Å². The smallest absolute Gasteiger partial charge is 0.251 e. The largest absolute Gasteiger partial charge is 0.452 e. The quantitative estimate of drug-likeness (QED) is 0.537. The molecule has 10 heteroatoms. The molecule has 3 rings (SSSR count). The van der Waals surface area contributed by atoms with Gasteiger partial charge in [0.1, 0.15) is 10.5 Å². The third-order valence-corrected chi connectivity index (χ3v) is 4.02. The van der Waals surface area contributed by atoms with Crippen LogP contribution in [-0.4, -0.2) is 30.3 Å². The van der Waals surface area contributed by atoms with E-state index < -0.39 is 12.0 Å². The molecule has 3 aromatic heterocycles. The molecule has 6 nitrogen and oxygen atoms in total. The molecule has 0 amide bonds. The number of halogens is 3. The lowest BCUT2D eigenvalue weighted by molar-refractivity contribution is -0.145. The summed E-state index contributed by atoms with van der Waals surface area (Å²) >= 11 is 1.25. The Bertz CT molecular complexity index is 898. The maximum Gasteiger partial charge on any atom is 0.452 e. The molecule has 0 radical (unpaired) electrons. The minimum Gasteiger partial charge on any atom is -0.251 e. The number of unbranched alkanes of at least 4 members (excludes halogenated alkanes) is 1. The van der Waals surface area contributed by atoms with Crippen LogP contribution in [0.1, 0.15) is 18.7 Å². The Morgan fingerprint density at radius 1 is 1.26 bits per heavy atom. The number of hydrogen-bond donors (Lipinski definition) is 0. The minimum atomic E-state index is -4.64. The second-order valence-corrected chi connectivity index (χ2v) is 5.64. The molecule has 118 valence electrons. The van der Waals surface area contributed by atoms with Crippen molar-refractivity contribution in [3.05, 3.63) is 24.2 Å². The summed E-state index contributed by atoms with van der Waals surface area (Å²) in [6.07, 6.45) is -2.27. The Morgan fingerprint density at radius 3 is 2.83 bits per heavy atom. The van der Waals surface area contributed by atoms with Gasteiger partial charge in [-0.1, -0.05) is 0 Å². The van der Waals surface area contributed by atoms with Crippen molar-refractivity contribution in [2.45, 2.75) is 24.0 Å². The fraction of sp³-hybridized carbons (Fsp3) is 0.308. The van der Waals surface area contributed by atoms with E-state index in [1.54, 1.807) is 12.1 Å². The molecule has 0 fully saturated rings. The number of fused-ring (bicyclic) bond motifs is 3. The average Bonchev–Trinajstić information content (AvgIpc) is 2.97. The molecule has 0 atom stereocenters. The second-order valence-electron chi connectivity index (χ2n) is 4.55. The summed E-state index contributed by atoms with van der Waals surface area (Å²) < 4.78 is 40.3. The fourth-order valence-electron chi connectivity index (χ4n) is 2.03. The third kappa shape index (κ3) is 2.92. The normalized spacial score (nSPS) is 11.9. The fourth-order valence-corrected chi connectivity index (χ4v) is 2.94. The Labute approximate surface area is 132 Å². The Balaban J connectivity index is 2.17. The van der Waals surface area contributed by atoms with E-state index in [0.717, 1.165) is 4.40 Å². The monoisotopic (exact) mass is 338 g/mol. The molecule has 0 saturated heterocycles. The van der Waals surface area contributed by atoms with Gasteiger partial charge in [0.2, 0.25) is 5.82 Å². The standard InChI is InChI=1S/C13H9F3N6S/c14-13(15,16)12-21-20-10-11(23-7-2-1-5-17)19-8-4-3-6-18-9(8)22(10)12/h3-4,6H,1-2,7H2. The number of thioether (sulfide) groups is 1. The predicted octanol–water partition coefficient (Wildman–Crippen LogP) is 3.09. The molecule has 23 heavy (non-hydrogen) atoms. The highest BCUT2D eigenvalue weighted by atomic mass is 32.2. The van der Waals surface area contributed by atoms with Crippen LogP contribution in [0, 0.1) is 11.3 Å². The zero-order valence-electron chi connectivity index (χ0n) is 11.6. The van der Waals surface area contributed by atoms with E-state index in [9.17, 15) is 13.2 Å². The number of alkyl halides is 3. The van der Waals surface area contributed by atoms with Gasteiger partial charge >= 0.3 is 6.18 Å². The first-order chi connectivity index (χ1) is 11.0. The zero-order chi connectivity index (χ0) is 16.4. The SMILES string of the molecule is N#CCCCSc1nc2cccnc2n2c(C(F)(F)F)nnc12. The van der Waals surface area contributed by atoms with E-state index >= 15 is 0 Å². The van der Waals surface area contributed by atoms with Crippen LogP contribution in [0.2, 0.25) is 0 Å². The minimum absolute atomic E-state index is 0.0190. The van der Waals surface area contributed by atoms with Crippen LogP contribution in [0.25, 0.3) is 16.8 Å². The zero-order valence-corrected chi connectivity index (χ0v) is 12.4. The van der Waals surface area contributed by atoms with Crippen LogP contribution in [0.3, 0.4) is 0 Å². The average molecular weight is 338 g/mol. The molecule has 0 N–H and O–H groups in total. The summed E-state index contributed by atoms with van der Waals surface area (Å²) in [7, 11) is 0. The van der Waals surface area contributed by atoms with Crippen molar-refractivity contribution >= 4 is 28.6 Å². The third-order valence-electron chi connectivity index (χ3n) is 2.98. The molecule has 0 aromatic carbocycles. The highest BCUT2D eigenvalue weighted by Gasteiger charge is 2.38. The van der Waals surface area contributed by atoms with Crippen LogP contribution in [-0.2, 0) is 6.18 Å². The van der Waals surface area contributed by atoms with Crippen molar-refractivity contribution < 1.29 is 13.2 Å². The van der Waals surface area contributed by atoms with Crippen LogP contribution >= 0.6 is 11.8 Å². The summed E-state index contributed by atoms with van der Waals surface area (Å²) in [6, 6.07) is 5.20. The van der Waals surface area contributed by atoms with E-state index in [4.69, 9.17) is 5.26 Å². The van der Waals surface area contributed by atoms with Gasteiger partial charge < -0.3 is 0 Å².